The van der Waals surface area contributed by atoms with E-state index in [1.54, 1.807) is 6.07 Å². The van der Waals surface area contributed by atoms with Crippen LogP contribution in [0, 0.1) is 5.82 Å². The van der Waals surface area contributed by atoms with Crippen LogP contribution in [0.4, 0.5) is 10.1 Å². The Hall–Kier alpha value is -2.70. The zero-order valence-corrected chi connectivity index (χ0v) is 16.5. The number of carbonyl (C=O) groups excluding carboxylic acids is 1. The fourth-order valence-corrected chi connectivity index (χ4v) is 4.02. The predicted octanol–water partition coefficient (Wildman–Crippen LogP) is 3.42. The van der Waals surface area contributed by atoms with Gasteiger partial charge >= 0.3 is 0 Å². The summed E-state index contributed by atoms with van der Waals surface area (Å²) in [4.78, 5) is 14.8. The van der Waals surface area contributed by atoms with E-state index in [9.17, 15) is 14.3 Å². The van der Waals surface area contributed by atoms with Crippen molar-refractivity contribution in [1.82, 2.24) is 4.90 Å². The molecule has 2 aromatic carbocycles. The second-order valence-corrected chi connectivity index (χ2v) is 7.44. The van der Waals surface area contributed by atoms with Gasteiger partial charge in [0.15, 0.2) is 0 Å². The van der Waals surface area contributed by atoms with E-state index in [-0.39, 0.29) is 18.3 Å². The maximum absolute atomic E-state index is 13.7. The van der Waals surface area contributed by atoms with Crippen LogP contribution < -0.4 is 5.32 Å². The number of amides is 1. The van der Waals surface area contributed by atoms with Crippen molar-refractivity contribution in [2.24, 2.45) is 0 Å². The molecule has 0 aliphatic carbocycles. The molecule has 6 heteroatoms. The highest BCUT2D eigenvalue weighted by Gasteiger charge is 2.32. The molecular formula is C23H25FN2O3. The molecule has 0 fully saturated rings. The third-order valence-electron chi connectivity index (χ3n) is 5.41. The topological polar surface area (TPSA) is 61.8 Å². The van der Waals surface area contributed by atoms with E-state index >= 15 is 0 Å². The van der Waals surface area contributed by atoms with E-state index in [4.69, 9.17) is 4.74 Å². The Morgan fingerprint density at radius 3 is 2.79 bits per heavy atom. The third kappa shape index (κ3) is 3.91. The minimum atomic E-state index is -0.383. The number of benzene rings is 2. The lowest BCUT2D eigenvalue weighted by Gasteiger charge is -2.20. The number of rotatable bonds is 7. The largest absolute Gasteiger partial charge is 0.487 e. The van der Waals surface area contributed by atoms with Crippen molar-refractivity contribution < 1.29 is 19.0 Å². The van der Waals surface area contributed by atoms with E-state index in [1.165, 1.54) is 17.7 Å². The van der Waals surface area contributed by atoms with Gasteiger partial charge in [-0.3, -0.25) is 4.79 Å². The highest BCUT2D eigenvalue weighted by Crippen LogP contribution is 2.41. The first-order valence-electron chi connectivity index (χ1n) is 10.0. The van der Waals surface area contributed by atoms with Gasteiger partial charge in [-0.25, -0.2) is 4.39 Å². The molecule has 2 heterocycles. The van der Waals surface area contributed by atoms with Gasteiger partial charge in [-0.2, -0.15) is 0 Å². The minimum absolute atomic E-state index is 0.166. The van der Waals surface area contributed by atoms with Gasteiger partial charge in [0.25, 0.3) is 5.91 Å². The van der Waals surface area contributed by atoms with Crippen molar-refractivity contribution in [3.8, 4) is 0 Å². The van der Waals surface area contributed by atoms with Crippen LogP contribution in [-0.4, -0.2) is 42.2 Å². The average molecular weight is 396 g/mol. The normalized spacial score (nSPS) is 17.3. The standard InChI is InChI=1S/C23H25FN2O3/c1-2-8-26(10-11-27)9-7-15-3-5-18-16(12-15)14-29-22(18)21-19-13-17(24)4-6-20(19)25-23(21)28/h3-6,12-13,27H,2,7-11,14H2,1H3,(H,25,28). The number of nitrogens with zero attached hydrogens (tertiary/aromatic N) is 1. The van der Waals surface area contributed by atoms with Crippen molar-refractivity contribution >= 4 is 22.9 Å². The molecule has 5 nitrogen and oxygen atoms in total. The van der Waals surface area contributed by atoms with Gasteiger partial charge in [-0.1, -0.05) is 25.1 Å². The van der Waals surface area contributed by atoms with Crippen LogP contribution in [0.2, 0.25) is 0 Å². The number of aliphatic hydroxyl groups is 1. The fourth-order valence-electron chi connectivity index (χ4n) is 4.02. The number of hydrogen-bond donors (Lipinski definition) is 2. The van der Waals surface area contributed by atoms with Gasteiger partial charge in [-0.05, 0) is 43.1 Å². The monoisotopic (exact) mass is 396 g/mol. The lowest BCUT2D eigenvalue weighted by atomic mass is 9.98. The summed E-state index contributed by atoms with van der Waals surface area (Å²) in [5.41, 5.74) is 4.65. The summed E-state index contributed by atoms with van der Waals surface area (Å²) in [6, 6.07) is 10.4. The first-order chi connectivity index (χ1) is 14.1. The van der Waals surface area contributed by atoms with Crippen molar-refractivity contribution in [3.63, 3.8) is 0 Å². The third-order valence-corrected chi connectivity index (χ3v) is 5.41. The summed E-state index contributed by atoms with van der Waals surface area (Å²) in [5, 5.41) is 12.0. The van der Waals surface area contributed by atoms with E-state index in [1.807, 2.05) is 6.07 Å². The molecule has 1 amide bonds. The maximum Gasteiger partial charge on any atom is 0.260 e. The lowest BCUT2D eigenvalue weighted by molar-refractivity contribution is -0.110. The van der Waals surface area contributed by atoms with Crippen molar-refractivity contribution in [2.45, 2.75) is 26.4 Å². The van der Waals surface area contributed by atoms with Crippen LogP contribution in [-0.2, 0) is 22.6 Å². The second kappa shape index (κ2) is 8.35. The highest BCUT2D eigenvalue weighted by atomic mass is 19.1. The SMILES string of the molecule is CCCN(CCO)CCc1ccc2c(c1)COC2=C1C(=O)Nc2ccc(F)cc21. The molecule has 2 aliphatic rings. The first-order valence-corrected chi connectivity index (χ1v) is 10.0. The van der Waals surface area contributed by atoms with E-state index < -0.39 is 0 Å². The highest BCUT2D eigenvalue weighted by molar-refractivity contribution is 6.36. The number of halogens is 1. The summed E-state index contributed by atoms with van der Waals surface area (Å²) >= 11 is 0. The quantitative estimate of drug-likeness (QED) is 0.704. The molecule has 152 valence electrons. The van der Waals surface area contributed by atoms with Crippen LogP contribution in [0.3, 0.4) is 0 Å². The number of aliphatic hydroxyl groups excluding tert-OH is 1. The Morgan fingerprint density at radius 2 is 2.00 bits per heavy atom. The Bertz CT molecular complexity index is 965. The first kappa shape index (κ1) is 19.6. The molecule has 0 spiro atoms. The Balaban J connectivity index is 1.59. The molecule has 0 atom stereocenters. The summed E-state index contributed by atoms with van der Waals surface area (Å²) in [6.45, 7) is 5.24. The van der Waals surface area contributed by atoms with Gasteiger partial charge in [0.1, 0.15) is 18.2 Å². The Labute approximate surface area is 169 Å². The molecule has 2 N–H and O–H groups in total. The van der Waals surface area contributed by atoms with Gasteiger partial charge in [-0.15, -0.1) is 0 Å². The van der Waals surface area contributed by atoms with E-state index in [0.29, 0.717) is 35.7 Å². The molecular weight excluding hydrogens is 371 g/mol. The van der Waals surface area contributed by atoms with Gasteiger partial charge in [0, 0.05) is 35.5 Å². The number of hydrogen-bond acceptors (Lipinski definition) is 4. The smallest absolute Gasteiger partial charge is 0.260 e. The summed E-state index contributed by atoms with van der Waals surface area (Å²) in [5.74, 6) is -0.135. The molecule has 0 saturated heterocycles. The molecule has 2 aliphatic heterocycles. The van der Waals surface area contributed by atoms with Crippen molar-refractivity contribution in [2.75, 3.05) is 31.6 Å². The Kier molecular flexibility index (Phi) is 5.65. The Morgan fingerprint density at radius 1 is 1.14 bits per heavy atom. The molecule has 2 aromatic rings. The minimum Gasteiger partial charge on any atom is -0.487 e. The molecule has 0 radical (unpaired) electrons. The van der Waals surface area contributed by atoms with Gasteiger partial charge < -0.3 is 20.1 Å². The molecule has 0 bridgehead atoms. The average Bonchev–Trinajstić information content (AvgIpc) is 3.25. The van der Waals surface area contributed by atoms with Crippen LogP contribution >= 0.6 is 0 Å². The molecule has 29 heavy (non-hydrogen) atoms. The molecule has 0 unspecified atom stereocenters. The van der Waals surface area contributed by atoms with Gasteiger partial charge in [0.05, 0.1) is 12.2 Å². The van der Waals surface area contributed by atoms with Crippen LogP contribution in [0.1, 0.15) is 35.6 Å². The summed E-state index contributed by atoms with van der Waals surface area (Å²) in [6.07, 6.45) is 1.94. The fraction of sp³-hybridized carbons (Fsp3) is 0.348. The zero-order chi connectivity index (χ0) is 20.4. The number of anilines is 1. The second-order valence-electron chi connectivity index (χ2n) is 7.44. The number of ether oxygens (including phenoxy) is 1. The van der Waals surface area contributed by atoms with Crippen LogP contribution in [0.15, 0.2) is 36.4 Å². The molecule has 0 aromatic heterocycles. The lowest BCUT2D eigenvalue weighted by Crippen LogP contribution is -2.29. The predicted molar refractivity (Wildman–Crippen MR) is 111 cm³/mol. The van der Waals surface area contributed by atoms with Gasteiger partial charge in [0.2, 0.25) is 0 Å². The van der Waals surface area contributed by atoms with Crippen LogP contribution in [0.5, 0.6) is 0 Å². The zero-order valence-electron chi connectivity index (χ0n) is 16.5. The maximum atomic E-state index is 13.7. The molecule has 4 rings (SSSR count). The summed E-state index contributed by atoms with van der Waals surface area (Å²) < 4.78 is 19.6. The van der Waals surface area contributed by atoms with E-state index in [0.717, 1.165) is 37.1 Å². The number of nitrogens with one attached hydrogen (secondary N) is 1. The number of carbonyl (C=O) groups is 1. The molecule has 0 saturated carbocycles. The van der Waals surface area contributed by atoms with E-state index in [2.05, 4.69) is 29.3 Å². The van der Waals surface area contributed by atoms with Crippen molar-refractivity contribution in [3.05, 3.63) is 64.5 Å². The number of fused-ring (bicyclic) bond motifs is 2. The summed E-state index contributed by atoms with van der Waals surface area (Å²) in [7, 11) is 0. The van der Waals surface area contributed by atoms with Crippen LogP contribution in [0.25, 0.3) is 11.3 Å². The van der Waals surface area contributed by atoms with Crippen molar-refractivity contribution in [1.29, 1.82) is 0 Å².